The standard InChI is InChI=1S/C15H15N3O6/c19-13-7-17(4-3-16-13)14(20)2-1-10-5-12(18(21)22)6-11-8-23-9-24-15(10)11/h1-2,5-6H,3-4,7-9H2,(H,16,19)/b2-1+. The highest BCUT2D eigenvalue weighted by molar-refractivity contribution is 5.95. The molecule has 0 unspecified atom stereocenters. The van der Waals surface area contributed by atoms with Crippen molar-refractivity contribution in [1.82, 2.24) is 10.2 Å². The van der Waals surface area contributed by atoms with E-state index in [0.29, 0.717) is 30.0 Å². The third kappa shape index (κ3) is 3.35. The second-order valence-corrected chi connectivity index (χ2v) is 5.33. The largest absolute Gasteiger partial charge is 0.467 e. The highest BCUT2D eigenvalue weighted by Crippen LogP contribution is 2.33. The molecule has 2 aliphatic heterocycles. The summed E-state index contributed by atoms with van der Waals surface area (Å²) >= 11 is 0. The van der Waals surface area contributed by atoms with Gasteiger partial charge >= 0.3 is 0 Å². The number of fused-ring (bicyclic) bond motifs is 1. The summed E-state index contributed by atoms with van der Waals surface area (Å²) in [5.41, 5.74) is 0.879. The lowest BCUT2D eigenvalue weighted by atomic mass is 10.1. The summed E-state index contributed by atoms with van der Waals surface area (Å²) < 4.78 is 10.5. The van der Waals surface area contributed by atoms with Crippen molar-refractivity contribution in [2.45, 2.75) is 6.61 Å². The zero-order valence-corrected chi connectivity index (χ0v) is 12.7. The van der Waals surface area contributed by atoms with Crippen LogP contribution in [0, 0.1) is 10.1 Å². The van der Waals surface area contributed by atoms with E-state index in [1.54, 1.807) is 0 Å². The van der Waals surface area contributed by atoms with Gasteiger partial charge in [0.15, 0.2) is 6.79 Å². The van der Waals surface area contributed by atoms with Crippen molar-refractivity contribution in [1.29, 1.82) is 0 Å². The molecule has 2 heterocycles. The number of piperazine rings is 1. The van der Waals surface area contributed by atoms with Crippen LogP contribution < -0.4 is 10.1 Å². The Morgan fingerprint density at radius 3 is 3.00 bits per heavy atom. The minimum Gasteiger partial charge on any atom is -0.467 e. The second-order valence-electron chi connectivity index (χ2n) is 5.33. The van der Waals surface area contributed by atoms with Gasteiger partial charge in [-0.3, -0.25) is 19.7 Å². The molecule has 0 radical (unpaired) electrons. The van der Waals surface area contributed by atoms with E-state index in [9.17, 15) is 19.7 Å². The van der Waals surface area contributed by atoms with Crippen molar-refractivity contribution >= 4 is 23.6 Å². The van der Waals surface area contributed by atoms with Gasteiger partial charge in [0.1, 0.15) is 5.75 Å². The molecule has 2 aliphatic rings. The number of rotatable bonds is 3. The molecule has 2 amide bonds. The number of nitro benzene ring substituents is 1. The lowest BCUT2D eigenvalue weighted by molar-refractivity contribution is -0.385. The van der Waals surface area contributed by atoms with Gasteiger partial charge in [0.25, 0.3) is 5.69 Å². The first-order valence-corrected chi connectivity index (χ1v) is 7.30. The van der Waals surface area contributed by atoms with Crippen LogP contribution in [0.15, 0.2) is 18.2 Å². The lowest BCUT2D eigenvalue weighted by Crippen LogP contribution is -2.49. The van der Waals surface area contributed by atoms with Crippen molar-refractivity contribution in [2.75, 3.05) is 26.4 Å². The first-order valence-electron chi connectivity index (χ1n) is 7.30. The number of ether oxygens (including phenoxy) is 2. The normalized spacial score (nSPS) is 17.2. The van der Waals surface area contributed by atoms with E-state index in [1.807, 2.05) is 0 Å². The highest BCUT2D eigenvalue weighted by atomic mass is 16.7. The van der Waals surface area contributed by atoms with Gasteiger partial charge in [-0.05, 0) is 6.08 Å². The molecule has 1 fully saturated rings. The molecule has 0 bridgehead atoms. The average Bonchev–Trinajstić information content (AvgIpc) is 2.59. The maximum absolute atomic E-state index is 12.2. The van der Waals surface area contributed by atoms with Crippen LogP contribution in [0.3, 0.4) is 0 Å². The van der Waals surface area contributed by atoms with Gasteiger partial charge in [0.05, 0.1) is 18.1 Å². The summed E-state index contributed by atoms with van der Waals surface area (Å²) in [6.45, 7) is 1.09. The van der Waals surface area contributed by atoms with Gasteiger partial charge in [-0.1, -0.05) is 0 Å². The molecule has 0 atom stereocenters. The van der Waals surface area contributed by atoms with Crippen molar-refractivity contribution in [2.24, 2.45) is 0 Å². The van der Waals surface area contributed by atoms with Crippen LogP contribution >= 0.6 is 0 Å². The molecule has 126 valence electrons. The Bertz CT molecular complexity index is 730. The monoisotopic (exact) mass is 333 g/mol. The fourth-order valence-corrected chi connectivity index (χ4v) is 2.55. The summed E-state index contributed by atoms with van der Waals surface area (Å²) in [5, 5.41) is 13.7. The SMILES string of the molecule is O=C1CN(C(=O)/C=C/c2cc([N+](=O)[O-])cc3c2OCOC3)CCN1. The van der Waals surface area contributed by atoms with E-state index in [4.69, 9.17) is 9.47 Å². The predicted octanol–water partition coefficient (Wildman–Crippen LogP) is 0.433. The molecule has 0 spiro atoms. The van der Waals surface area contributed by atoms with Crippen molar-refractivity contribution in [3.63, 3.8) is 0 Å². The molecule has 0 aliphatic carbocycles. The van der Waals surface area contributed by atoms with Gasteiger partial charge < -0.3 is 19.7 Å². The molecule has 1 N–H and O–H groups in total. The van der Waals surface area contributed by atoms with Gasteiger partial charge in [0.2, 0.25) is 11.8 Å². The quantitative estimate of drug-likeness (QED) is 0.488. The van der Waals surface area contributed by atoms with Crippen molar-refractivity contribution in [3.8, 4) is 5.75 Å². The number of nitrogens with zero attached hydrogens (tertiary/aromatic N) is 2. The molecule has 0 saturated carbocycles. The summed E-state index contributed by atoms with van der Waals surface area (Å²) in [7, 11) is 0. The topological polar surface area (TPSA) is 111 Å². The fraction of sp³-hybridized carbons (Fsp3) is 0.333. The number of carbonyl (C=O) groups is 2. The number of carbonyl (C=O) groups excluding carboxylic acids is 2. The molecule has 9 heteroatoms. The number of benzene rings is 1. The molecule has 9 nitrogen and oxygen atoms in total. The summed E-state index contributed by atoms with van der Waals surface area (Å²) in [4.78, 5) is 35.4. The van der Waals surface area contributed by atoms with Crippen molar-refractivity contribution < 1.29 is 24.0 Å². The Morgan fingerprint density at radius 1 is 1.42 bits per heavy atom. The third-order valence-corrected chi connectivity index (χ3v) is 3.69. The molecular formula is C15H15N3O6. The summed E-state index contributed by atoms with van der Waals surface area (Å²) in [6, 6.07) is 2.74. The van der Waals surface area contributed by atoms with Crippen LogP contribution in [0.1, 0.15) is 11.1 Å². The van der Waals surface area contributed by atoms with Crippen molar-refractivity contribution in [3.05, 3.63) is 39.4 Å². The number of nitro groups is 1. The molecule has 0 aromatic heterocycles. The minimum atomic E-state index is -0.511. The summed E-state index contributed by atoms with van der Waals surface area (Å²) in [5.74, 6) is -0.0827. The number of hydrogen-bond acceptors (Lipinski definition) is 6. The Kier molecular flexibility index (Phi) is 4.43. The minimum absolute atomic E-state index is 0.000554. The number of hydrogen-bond donors (Lipinski definition) is 1. The zero-order valence-electron chi connectivity index (χ0n) is 12.7. The molecule has 3 rings (SSSR count). The van der Waals surface area contributed by atoms with Crippen LogP contribution in [-0.2, 0) is 20.9 Å². The van der Waals surface area contributed by atoms with E-state index in [-0.39, 0.29) is 37.4 Å². The van der Waals surface area contributed by atoms with E-state index in [0.717, 1.165) is 0 Å². The van der Waals surface area contributed by atoms with E-state index >= 15 is 0 Å². The molecular weight excluding hydrogens is 318 g/mol. The van der Waals surface area contributed by atoms with Crippen LogP contribution in [-0.4, -0.2) is 48.1 Å². The van der Waals surface area contributed by atoms with Crippen LogP contribution in [0.25, 0.3) is 6.08 Å². The number of nitrogens with one attached hydrogen (secondary N) is 1. The zero-order chi connectivity index (χ0) is 17.1. The Hall–Kier alpha value is -2.94. The molecule has 1 aromatic carbocycles. The fourth-order valence-electron chi connectivity index (χ4n) is 2.55. The van der Waals surface area contributed by atoms with Gasteiger partial charge in [0, 0.05) is 42.4 Å². The van der Waals surface area contributed by atoms with E-state index in [2.05, 4.69) is 5.32 Å². The molecule has 24 heavy (non-hydrogen) atoms. The Labute approximate surface area is 137 Å². The maximum Gasteiger partial charge on any atom is 0.270 e. The smallest absolute Gasteiger partial charge is 0.270 e. The van der Waals surface area contributed by atoms with Gasteiger partial charge in [-0.15, -0.1) is 0 Å². The predicted molar refractivity (Wildman–Crippen MR) is 82.0 cm³/mol. The number of amides is 2. The molecule has 1 saturated heterocycles. The van der Waals surface area contributed by atoms with Gasteiger partial charge in [-0.2, -0.15) is 0 Å². The van der Waals surface area contributed by atoms with Crippen LogP contribution in [0.5, 0.6) is 5.75 Å². The second kappa shape index (κ2) is 6.67. The first-order chi connectivity index (χ1) is 11.5. The first kappa shape index (κ1) is 15.9. The molecule has 1 aromatic rings. The van der Waals surface area contributed by atoms with Gasteiger partial charge in [-0.25, -0.2) is 0 Å². The van der Waals surface area contributed by atoms with E-state index in [1.165, 1.54) is 29.2 Å². The third-order valence-electron chi connectivity index (χ3n) is 3.69. The van der Waals surface area contributed by atoms with Crippen LogP contribution in [0.2, 0.25) is 0 Å². The summed E-state index contributed by atoms with van der Waals surface area (Å²) in [6.07, 6.45) is 2.75. The maximum atomic E-state index is 12.2. The van der Waals surface area contributed by atoms with Crippen LogP contribution in [0.4, 0.5) is 5.69 Å². The Morgan fingerprint density at radius 2 is 2.25 bits per heavy atom. The van der Waals surface area contributed by atoms with E-state index < -0.39 is 4.92 Å². The lowest BCUT2D eigenvalue weighted by Gasteiger charge is -2.25. The Balaban J connectivity index is 1.85. The highest BCUT2D eigenvalue weighted by Gasteiger charge is 2.21. The average molecular weight is 333 g/mol. The number of non-ortho nitro benzene ring substituents is 1.